The third-order valence-corrected chi connectivity index (χ3v) is 4.93. The first-order valence-corrected chi connectivity index (χ1v) is 7.97. The van der Waals surface area contributed by atoms with Gasteiger partial charge in [0.25, 0.3) is 0 Å². The summed E-state index contributed by atoms with van der Waals surface area (Å²) in [6, 6.07) is 0.321. The van der Waals surface area contributed by atoms with Crippen LogP contribution in [0, 0.1) is 13.8 Å². The lowest BCUT2D eigenvalue weighted by Gasteiger charge is -2.26. The van der Waals surface area contributed by atoms with Gasteiger partial charge in [-0.1, -0.05) is 0 Å². The molecule has 4 heterocycles. The lowest BCUT2D eigenvalue weighted by molar-refractivity contribution is 0.694. The minimum absolute atomic E-state index is 0.321. The maximum absolute atomic E-state index is 4.59. The molecule has 3 aromatic heterocycles. The van der Waals surface area contributed by atoms with Crippen molar-refractivity contribution in [3.05, 3.63) is 29.5 Å². The largest absolute Gasteiger partial charge is 0.349 e. The van der Waals surface area contributed by atoms with Gasteiger partial charge in [0.2, 0.25) is 0 Å². The SMILES string of the molecule is Cc1nn(C)c(C)c1C1CCCN1c1ncnc2c1cnn2C. The molecule has 23 heavy (non-hydrogen) atoms. The number of nitrogens with zero attached hydrogens (tertiary/aromatic N) is 7. The summed E-state index contributed by atoms with van der Waals surface area (Å²) in [5, 5.41) is 9.94. The number of aromatic nitrogens is 6. The fourth-order valence-electron chi connectivity index (χ4n) is 3.77. The number of hydrogen-bond donors (Lipinski definition) is 0. The summed E-state index contributed by atoms with van der Waals surface area (Å²) in [7, 11) is 3.92. The highest BCUT2D eigenvalue weighted by atomic mass is 15.3. The van der Waals surface area contributed by atoms with Crippen LogP contribution in [0.4, 0.5) is 5.82 Å². The van der Waals surface area contributed by atoms with Crippen LogP contribution in [0.2, 0.25) is 0 Å². The zero-order valence-corrected chi connectivity index (χ0v) is 14.0. The van der Waals surface area contributed by atoms with Gasteiger partial charge in [0.1, 0.15) is 12.1 Å². The van der Waals surface area contributed by atoms with Gasteiger partial charge in [0.15, 0.2) is 5.65 Å². The molecule has 0 radical (unpaired) electrons. The minimum Gasteiger partial charge on any atom is -0.349 e. The van der Waals surface area contributed by atoms with Crippen LogP contribution in [-0.4, -0.2) is 36.1 Å². The van der Waals surface area contributed by atoms with E-state index in [2.05, 4.69) is 38.9 Å². The van der Waals surface area contributed by atoms with Gasteiger partial charge in [0, 0.05) is 31.9 Å². The summed E-state index contributed by atoms with van der Waals surface area (Å²) in [5.41, 5.74) is 4.55. The topological polar surface area (TPSA) is 64.7 Å². The van der Waals surface area contributed by atoms with Crippen molar-refractivity contribution in [3.8, 4) is 0 Å². The number of rotatable bonds is 2. The Balaban J connectivity index is 1.84. The predicted octanol–water partition coefficient (Wildman–Crippen LogP) is 2.06. The molecule has 1 fully saturated rings. The summed E-state index contributed by atoms with van der Waals surface area (Å²) in [5.74, 6) is 0.980. The summed E-state index contributed by atoms with van der Waals surface area (Å²) in [6.45, 7) is 5.24. The first kappa shape index (κ1) is 14.2. The summed E-state index contributed by atoms with van der Waals surface area (Å²) >= 11 is 0. The van der Waals surface area contributed by atoms with E-state index < -0.39 is 0 Å². The van der Waals surface area contributed by atoms with Crippen LogP contribution in [-0.2, 0) is 14.1 Å². The van der Waals surface area contributed by atoms with Crippen LogP contribution < -0.4 is 4.90 Å². The van der Waals surface area contributed by atoms with Crippen LogP contribution in [0.5, 0.6) is 0 Å². The van der Waals surface area contributed by atoms with Crippen LogP contribution in [0.3, 0.4) is 0 Å². The van der Waals surface area contributed by atoms with Gasteiger partial charge in [-0.3, -0.25) is 9.36 Å². The van der Waals surface area contributed by atoms with Crippen molar-refractivity contribution in [2.24, 2.45) is 14.1 Å². The molecule has 1 unspecified atom stereocenters. The van der Waals surface area contributed by atoms with Gasteiger partial charge < -0.3 is 4.90 Å². The van der Waals surface area contributed by atoms with Crippen LogP contribution in [0.15, 0.2) is 12.5 Å². The third-order valence-electron chi connectivity index (χ3n) is 4.93. The fourth-order valence-corrected chi connectivity index (χ4v) is 3.77. The molecule has 7 nitrogen and oxygen atoms in total. The third kappa shape index (κ3) is 2.03. The highest BCUT2D eigenvalue weighted by Crippen LogP contribution is 2.39. The number of anilines is 1. The maximum atomic E-state index is 4.59. The molecule has 0 amide bonds. The van der Waals surface area contributed by atoms with E-state index >= 15 is 0 Å². The van der Waals surface area contributed by atoms with E-state index in [9.17, 15) is 0 Å². The molecule has 1 aliphatic rings. The van der Waals surface area contributed by atoms with Gasteiger partial charge >= 0.3 is 0 Å². The molecule has 1 atom stereocenters. The molecule has 3 aromatic rings. The van der Waals surface area contributed by atoms with Crippen molar-refractivity contribution in [1.29, 1.82) is 0 Å². The van der Waals surface area contributed by atoms with E-state index in [1.54, 1.807) is 11.0 Å². The first-order chi connectivity index (χ1) is 11.1. The fraction of sp³-hybridized carbons (Fsp3) is 0.500. The van der Waals surface area contributed by atoms with E-state index in [0.29, 0.717) is 6.04 Å². The van der Waals surface area contributed by atoms with Crippen molar-refractivity contribution >= 4 is 16.9 Å². The molecular formula is C16H21N7. The predicted molar refractivity (Wildman–Crippen MR) is 88.3 cm³/mol. The molecule has 0 aliphatic carbocycles. The highest BCUT2D eigenvalue weighted by molar-refractivity contribution is 5.87. The van der Waals surface area contributed by atoms with E-state index in [-0.39, 0.29) is 0 Å². The Bertz CT molecular complexity index is 876. The zero-order valence-electron chi connectivity index (χ0n) is 14.0. The molecule has 4 rings (SSSR count). The Labute approximate surface area is 134 Å². The molecule has 0 aromatic carbocycles. The Kier molecular flexibility index (Phi) is 3.11. The Morgan fingerprint density at radius 1 is 1.13 bits per heavy atom. The second kappa shape index (κ2) is 5.04. The molecular weight excluding hydrogens is 290 g/mol. The monoisotopic (exact) mass is 311 g/mol. The van der Waals surface area contributed by atoms with E-state index in [1.165, 1.54) is 11.3 Å². The van der Waals surface area contributed by atoms with Crippen molar-refractivity contribution in [1.82, 2.24) is 29.5 Å². The van der Waals surface area contributed by atoms with E-state index in [4.69, 9.17) is 0 Å². The van der Waals surface area contributed by atoms with Gasteiger partial charge in [-0.05, 0) is 26.7 Å². The molecule has 120 valence electrons. The second-order valence-corrected chi connectivity index (χ2v) is 6.26. The zero-order chi connectivity index (χ0) is 16.1. The highest BCUT2D eigenvalue weighted by Gasteiger charge is 2.32. The minimum atomic E-state index is 0.321. The van der Waals surface area contributed by atoms with Crippen molar-refractivity contribution in [2.45, 2.75) is 32.7 Å². The van der Waals surface area contributed by atoms with Gasteiger partial charge in [-0.2, -0.15) is 10.2 Å². The molecule has 0 saturated carbocycles. The number of fused-ring (bicyclic) bond motifs is 1. The second-order valence-electron chi connectivity index (χ2n) is 6.26. The Morgan fingerprint density at radius 2 is 1.96 bits per heavy atom. The first-order valence-electron chi connectivity index (χ1n) is 7.97. The van der Waals surface area contributed by atoms with Crippen LogP contribution in [0.1, 0.15) is 35.8 Å². The average molecular weight is 311 g/mol. The van der Waals surface area contributed by atoms with Crippen molar-refractivity contribution < 1.29 is 0 Å². The van der Waals surface area contributed by atoms with Gasteiger partial charge in [-0.15, -0.1) is 0 Å². The molecule has 0 bridgehead atoms. The molecule has 1 saturated heterocycles. The van der Waals surface area contributed by atoms with E-state index in [0.717, 1.165) is 41.9 Å². The lowest BCUT2D eigenvalue weighted by atomic mass is 10.0. The van der Waals surface area contributed by atoms with E-state index in [1.807, 2.05) is 25.0 Å². The number of aryl methyl sites for hydroxylation is 3. The molecule has 0 spiro atoms. The van der Waals surface area contributed by atoms with Gasteiger partial charge in [0.05, 0.1) is 23.3 Å². The maximum Gasteiger partial charge on any atom is 0.163 e. The van der Waals surface area contributed by atoms with Gasteiger partial charge in [-0.25, -0.2) is 9.97 Å². The Hall–Kier alpha value is -2.44. The van der Waals surface area contributed by atoms with Crippen LogP contribution in [0.25, 0.3) is 11.0 Å². The number of hydrogen-bond acceptors (Lipinski definition) is 5. The molecule has 7 heteroatoms. The van der Waals surface area contributed by atoms with Crippen molar-refractivity contribution in [3.63, 3.8) is 0 Å². The summed E-state index contributed by atoms with van der Waals surface area (Å²) in [6.07, 6.45) is 5.78. The van der Waals surface area contributed by atoms with Crippen molar-refractivity contribution in [2.75, 3.05) is 11.4 Å². The van der Waals surface area contributed by atoms with Crippen LogP contribution >= 0.6 is 0 Å². The summed E-state index contributed by atoms with van der Waals surface area (Å²) < 4.78 is 3.77. The Morgan fingerprint density at radius 3 is 2.70 bits per heavy atom. The quantitative estimate of drug-likeness (QED) is 0.725. The summed E-state index contributed by atoms with van der Waals surface area (Å²) in [4.78, 5) is 11.3. The normalized spacial score (nSPS) is 18.3. The smallest absolute Gasteiger partial charge is 0.163 e. The molecule has 1 aliphatic heterocycles. The molecule has 0 N–H and O–H groups in total. The lowest BCUT2D eigenvalue weighted by Crippen LogP contribution is -2.24. The average Bonchev–Trinajstić information content (AvgIpc) is 3.20. The standard InChI is InChI=1S/C16H21N7/c1-10-14(11(2)21(3)20-10)13-6-5-7-23(13)16-12-8-19-22(4)15(12)17-9-18-16/h8-9,13H,5-7H2,1-4H3.